The number of hydrogen-bond donors (Lipinski definition) is 3. The topological polar surface area (TPSA) is 108 Å². The molecule has 1 fully saturated rings. The number of carbonyl (C=O) groups is 3. The molecule has 0 aliphatic carbocycles. The monoisotopic (exact) mass is 397 g/mol. The number of amides is 3. The van der Waals surface area contributed by atoms with Gasteiger partial charge >= 0.3 is 12.0 Å². The molecule has 2 aromatic rings. The summed E-state index contributed by atoms with van der Waals surface area (Å²) in [6, 6.07) is 14.1. The van der Waals surface area contributed by atoms with Crippen LogP contribution in [0.1, 0.15) is 28.8 Å². The number of nitrogens with one attached hydrogen (secondary N) is 2. The highest BCUT2D eigenvalue weighted by Gasteiger charge is 2.21. The Kier molecular flexibility index (Phi) is 6.67. The predicted octanol–water partition coefficient (Wildman–Crippen LogP) is 2.39. The van der Waals surface area contributed by atoms with Gasteiger partial charge in [0.05, 0.1) is 6.61 Å². The van der Waals surface area contributed by atoms with E-state index in [1.807, 2.05) is 12.1 Å². The molecular formula is C21H23N3O5. The van der Waals surface area contributed by atoms with Crippen molar-refractivity contribution in [2.24, 2.45) is 0 Å². The number of rotatable bonds is 9. The van der Waals surface area contributed by atoms with Gasteiger partial charge in [0, 0.05) is 37.3 Å². The van der Waals surface area contributed by atoms with Gasteiger partial charge in [0.2, 0.25) is 0 Å². The van der Waals surface area contributed by atoms with Gasteiger partial charge in [-0.05, 0) is 48.4 Å². The molecule has 8 nitrogen and oxygen atoms in total. The number of nitrogens with zero attached hydrogens (tertiary/aromatic N) is 1. The SMILES string of the molecule is O=C(O)CCCOc1ccc(CNC(=O)c2ccc(N3CCNC3=O)cc2)cc1. The van der Waals surface area contributed by atoms with Crippen molar-refractivity contribution >= 4 is 23.6 Å². The van der Waals surface area contributed by atoms with Crippen molar-refractivity contribution in [2.45, 2.75) is 19.4 Å². The molecule has 1 saturated heterocycles. The number of carboxylic acid groups (broad SMARTS) is 1. The molecule has 0 unspecified atom stereocenters. The minimum Gasteiger partial charge on any atom is -0.494 e. The molecule has 3 amide bonds. The first-order valence-electron chi connectivity index (χ1n) is 9.40. The molecule has 0 saturated carbocycles. The molecular weight excluding hydrogens is 374 g/mol. The van der Waals surface area contributed by atoms with Crippen molar-refractivity contribution in [2.75, 3.05) is 24.6 Å². The van der Waals surface area contributed by atoms with Crippen LogP contribution in [0.3, 0.4) is 0 Å². The maximum Gasteiger partial charge on any atom is 0.321 e. The molecule has 0 radical (unpaired) electrons. The summed E-state index contributed by atoms with van der Waals surface area (Å²) in [6.45, 7) is 1.95. The van der Waals surface area contributed by atoms with E-state index < -0.39 is 5.97 Å². The lowest BCUT2D eigenvalue weighted by Gasteiger charge is -2.14. The Bertz CT molecular complexity index is 865. The zero-order chi connectivity index (χ0) is 20.6. The smallest absolute Gasteiger partial charge is 0.321 e. The minimum atomic E-state index is -0.837. The molecule has 0 atom stereocenters. The van der Waals surface area contributed by atoms with E-state index in [1.165, 1.54) is 0 Å². The summed E-state index contributed by atoms with van der Waals surface area (Å²) in [5.41, 5.74) is 2.20. The molecule has 3 rings (SSSR count). The second-order valence-corrected chi connectivity index (χ2v) is 6.60. The number of carboxylic acids is 1. The maximum atomic E-state index is 12.3. The van der Waals surface area contributed by atoms with E-state index in [-0.39, 0.29) is 18.4 Å². The Morgan fingerprint density at radius 1 is 1.10 bits per heavy atom. The number of hydrogen-bond acceptors (Lipinski definition) is 4. The van der Waals surface area contributed by atoms with Crippen molar-refractivity contribution in [3.8, 4) is 5.75 Å². The zero-order valence-corrected chi connectivity index (χ0v) is 15.9. The van der Waals surface area contributed by atoms with Crippen LogP contribution in [-0.2, 0) is 11.3 Å². The molecule has 8 heteroatoms. The second kappa shape index (κ2) is 9.59. The normalized spacial score (nSPS) is 13.1. The quantitative estimate of drug-likeness (QED) is 0.563. The van der Waals surface area contributed by atoms with E-state index >= 15 is 0 Å². The summed E-state index contributed by atoms with van der Waals surface area (Å²) in [7, 11) is 0. The molecule has 0 aromatic heterocycles. The molecule has 1 aliphatic rings. The van der Waals surface area contributed by atoms with Crippen LogP contribution in [0, 0.1) is 0 Å². The van der Waals surface area contributed by atoms with Gasteiger partial charge < -0.3 is 20.5 Å². The minimum absolute atomic E-state index is 0.0797. The Labute approximate surface area is 168 Å². The number of benzene rings is 2. The van der Waals surface area contributed by atoms with Crippen molar-refractivity contribution in [1.29, 1.82) is 0 Å². The lowest BCUT2D eigenvalue weighted by molar-refractivity contribution is -0.137. The Morgan fingerprint density at radius 2 is 1.83 bits per heavy atom. The first-order valence-corrected chi connectivity index (χ1v) is 9.40. The van der Waals surface area contributed by atoms with Gasteiger partial charge in [0.25, 0.3) is 5.91 Å². The van der Waals surface area contributed by atoms with Crippen LogP contribution >= 0.6 is 0 Å². The molecule has 29 heavy (non-hydrogen) atoms. The standard InChI is InChI=1S/C21H23N3O5/c25-19(26)2-1-13-29-18-9-3-15(4-10-18)14-23-20(27)16-5-7-17(8-6-16)24-12-11-22-21(24)28/h3-10H,1-2,11-14H2,(H,22,28)(H,23,27)(H,25,26). The number of urea groups is 1. The molecule has 3 N–H and O–H groups in total. The summed E-state index contributed by atoms with van der Waals surface area (Å²) < 4.78 is 5.48. The third-order valence-electron chi connectivity index (χ3n) is 4.48. The van der Waals surface area contributed by atoms with Gasteiger partial charge in [0.15, 0.2) is 0 Å². The predicted molar refractivity (Wildman–Crippen MR) is 107 cm³/mol. The average Bonchev–Trinajstić information content (AvgIpc) is 3.16. The van der Waals surface area contributed by atoms with Crippen LogP contribution in [0.5, 0.6) is 5.75 Å². The number of ether oxygens (including phenoxy) is 1. The highest BCUT2D eigenvalue weighted by Crippen LogP contribution is 2.17. The number of anilines is 1. The number of carbonyl (C=O) groups excluding carboxylic acids is 2. The second-order valence-electron chi connectivity index (χ2n) is 6.60. The van der Waals surface area contributed by atoms with Crippen molar-refractivity contribution in [3.05, 3.63) is 59.7 Å². The van der Waals surface area contributed by atoms with Gasteiger partial charge in [-0.15, -0.1) is 0 Å². The fraction of sp³-hybridized carbons (Fsp3) is 0.286. The summed E-state index contributed by atoms with van der Waals surface area (Å²) in [5, 5.41) is 14.2. The lowest BCUT2D eigenvalue weighted by Crippen LogP contribution is -2.27. The van der Waals surface area contributed by atoms with Crippen LogP contribution in [-0.4, -0.2) is 42.7 Å². The van der Waals surface area contributed by atoms with Crippen LogP contribution in [0.2, 0.25) is 0 Å². The van der Waals surface area contributed by atoms with Gasteiger partial charge in [-0.1, -0.05) is 12.1 Å². The average molecular weight is 397 g/mol. The third-order valence-corrected chi connectivity index (χ3v) is 4.48. The Balaban J connectivity index is 1.46. The van der Waals surface area contributed by atoms with E-state index in [1.54, 1.807) is 41.3 Å². The summed E-state index contributed by atoms with van der Waals surface area (Å²) in [5.74, 6) is -0.376. The van der Waals surface area contributed by atoms with E-state index in [9.17, 15) is 14.4 Å². The van der Waals surface area contributed by atoms with Gasteiger partial charge in [-0.2, -0.15) is 0 Å². The molecule has 1 aliphatic heterocycles. The van der Waals surface area contributed by atoms with Gasteiger partial charge in [0.1, 0.15) is 5.75 Å². The van der Waals surface area contributed by atoms with Gasteiger partial charge in [-0.3, -0.25) is 14.5 Å². The van der Waals surface area contributed by atoms with Crippen molar-refractivity contribution in [1.82, 2.24) is 10.6 Å². The van der Waals surface area contributed by atoms with E-state index in [0.717, 1.165) is 11.3 Å². The number of aliphatic carboxylic acids is 1. The zero-order valence-electron chi connectivity index (χ0n) is 15.9. The highest BCUT2D eigenvalue weighted by molar-refractivity contribution is 5.97. The van der Waals surface area contributed by atoms with Crippen LogP contribution in [0.4, 0.5) is 10.5 Å². The fourth-order valence-electron chi connectivity index (χ4n) is 2.91. The van der Waals surface area contributed by atoms with E-state index in [4.69, 9.17) is 9.84 Å². The molecule has 152 valence electrons. The summed E-state index contributed by atoms with van der Waals surface area (Å²) in [6.07, 6.45) is 0.532. The fourth-order valence-corrected chi connectivity index (χ4v) is 2.91. The third kappa shape index (κ3) is 5.71. The molecule has 1 heterocycles. The van der Waals surface area contributed by atoms with Gasteiger partial charge in [-0.25, -0.2) is 4.79 Å². The summed E-state index contributed by atoms with van der Waals surface area (Å²) in [4.78, 5) is 36.1. The maximum absolute atomic E-state index is 12.3. The largest absolute Gasteiger partial charge is 0.494 e. The van der Waals surface area contributed by atoms with Crippen LogP contribution < -0.4 is 20.3 Å². The summed E-state index contributed by atoms with van der Waals surface area (Å²) >= 11 is 0. The van der Waals surface area contributed by atoms with E-state index in [0.29, 0.717) is 44.0 Å². The first kappa shape index (κ1) is 20.2. The van der Waals surface area contributed by atoms with Crippen LogP contribution in [0.15, 0.2) is 48.5 Å². The Morgan fingerprint density at radius 3 is 2.45 bits per heavy atom. The van der Waals surface area contributed by atoms with E-state index in [2.05, 4.69) is 10.6 Å². The molecule has 2 aromatic carbocycles. The van der Waals surface area contributed by atoms with Crippen molar-refractivity contribution in [3.63, 3.8) is 0 Å². The first-order chi connectivity index (χ1) is 14.0. The Hall–Kier alpha value is -3.55. The highest BCUT2D eigenvalue weighted by atomic mass is 16.5. The molecule has 0 bridgehead atoms. The van der Waals surface area contributed by atoms with Crippen LogP contribution in [0.25, 0.3) is 0 Å². The lowest BCUT2D eigenvalue weighted by atomic mass is 10.1. The van der Waals surface area contributed by atoms with Crippen molar-refractivity contribution < 1.29 is 24.2 Å². The molecule has 0 spiro atoms.